The Hall–Kier alpha value is -4.06. The highest BCUT2D eigenvalue weighted by atomic mass is 16.5. The first-order chi connectivity index (χ1) is 15.2. The van der Waals surface area contributed by atoms with Gasteiger partial charge in [-0.15, -0.1) is 0 Å². The van der Waals surface area contributed by atoms with Crippen LogP contribution in [-0.2, 0) is 16.1 Å². The zero-order chi connectivity index (χ0) is 21.4. The van der Waals surface area contributed by atoms with Crippen LogP contribution in [0.15, 0.2) is 78.5 Å². The Morgan fingerprint density at radius 2 is 1.74 bits per heavy atom. The number of aromatic nitrogens is 3. The second-order valence-corrected chi connectivity index (χ2v) is 7.27. The summed E-state index contributed by atoms with van der Waals surface area (Å²) in [6.07, 6.45) is 3.81. The van der Waals surface area contributed by atoms with Crippen molar-refractivity contribution in [2.75, 3.05) is 14.2 Å². The second kappa shape index (κ2) is 7.65. The summed E-state index contributed by atoms with van der Waals surface area (Å²) >= 11 is 0. The number of methoxy groups -OCH3 is 2. The molecule has 0 unspecified atom stereocenters. The third-order valence-corrected chi connectivity index (χ3v) is 5.46. The molecular formula is C25H21N3O3. The van der Waals surface area contributed by atoms with Gasteiger partial charge in [-0.25, -0.2) is 9.48 Å². The maximum Gasteiger partial charge on any atom is 0.335 e. The molecule has 1 aliphatic heterocycles. The van der Waals surface area contributed by atoms with Crippen LogP contribution in [-0.4, -0.2) is 34.5 Å². The molecule has 6 heteroatoms. The molecule has 1 aliphatic rings. The fourth-order valence-electron chi connectivity index (χ4n) is 3.99. The Morgan fingerprint density at radius 1 is 0.968 bits per heavy atom. The molecule has 0 aliphatic carbocycles. The number of ether oxygens (including phenoxy) is 2. The first kappa shape index (κ1) is 18.9. The van der Waals surface area contributed by atoms with Crippen molar-refractivity contribution in [2.24, 2.45) is 0 Å². The first-order valence-corrected chi connectivity index (χ1v) is 9.97. The van der Waals surface area contributed by atoms with Gasteiger partial charge in [0.05, 0.1) is 54.7 Å². The largest absolute Gasteiger partial charge is 0.497 e. The average Bonchev–Trinajstić information content (AvgIpc) is 3.39. The molecule has 0 spiro atoms. The number of carbonyl (C=O) groups excluding carboxylic acids is 1. The number of esters is 1. The topological polar surface area (TPSA) is 58.3 Å². The zero-order valence-electron chi connectivity index (χ0n) is 17.3. The minimum atomic E-state index is -0.354. The normalized spacial score (nSPS) is 12.4. The van der Waals surface area contributed by atoms with Gasteiger partial charge >= 0.3 is 5.97 Å². The molecule has 2 aromatic carbocycles. The molecule has 31 heavy (non-hydrogen) atoms. The van der Waals surface area contributed by atoms with E-state index < -0.39 is 0 Å². The van der Waals surface area contributed by atoms with Gasteiger partial charge < -0.3 is 14.0 Å². The molecular weight excluding hydrogens is 390 g/mol. The molecule has 0 bridgehead atoms. The predicted octanol–water partition coefficient (Wildman–Crippen LogP) is 4.59. The van der Waals surface area contributed by atoms with E-state index in [2.05, 4.69) is 10.6 Å². The van der Waals surface area contributed by atoms with Crippen molar-refractivity contribution in [3.05, 3.63) is 84.2 Å². The van der Waals surface area contributed by atoms with E-state index in [1.807, 2.05) is 77.6 Å². The number of fused-ring (bicyclic) bond motifs is 3. The van der Waals surface area contributed by atoms with Crippen LogP contribution in [0.5, 0.6) is 5.75 Å². The minimum absolute atomic E-state index is 0.354. The van der Waals surface area contributed by atoms with Crippen LogP contribution in [0.4, 0.5) is 0 Å². The molecule has 6 nitrogen and oxygen atoms in total. The molecule has 0 saturated carbocycles. The zero-order valence-corrected chi connectivity index (χ0v) is 17.3. The van der Waals surface area contributed by atoms with Gasteiger partial charge in [0.2, 0.25) is 0 Å². The molecule has 154 valence electrons. The monoisotopic (exact) mass is 411 g/mol. The van der Waals surface area contributed by atoms with E-state index in [0.717, 1.165) is 39.6 Å². The maximum atomic E-state index is 12.4. The number of benzene rings is 2. The fourth-order valence-corrected chi connectivity index (χ4v) is 3.99. The molecule has 2 aromatic heterocycles. The van der Waals surface area contributed by atoms with Crippen LogP contribution in [0.25, 0.3) is 34.3 Å². The second-order valence-electron chi connectivity index (χ2n) is 7.27. The summed E-state index contributed by atoms with van der Waals surface area (Å²) in [6, 6.07) is 21.9. The Kier molecular flexibility index (Phi) is 4.67. The summed E-state index contributed by atoms with van der Waals surface area (Å²) in [5.74, 6) is 0.435. The maximum absolute atomic E-state index is 12.4. The van der Waals surface area contributed by atoms with E-state index in [-0.39, 0.29) is 5.97 Å². The van der Waals surface area contributed by atoms with Gasteiger partial charge in [-0.2, -0.15) is 5.10 Å². The molecule has 0 fully saturated rings. The molecule has 4 aromatic rings. The molecule has 0 radical (unpaired) electrons. The van der Waals surface area contributed by atoms with Gasteiger partial charge in [-0.1, -0.05) is 18.2 Å². The van der Waals surface area contributed by atoms with Gasteiger partial charge in [0.25, 0.3) is 0 Å². The Morgan fingerprint density at radius 3 is 2.45 bits per heavy atom. The number of carbonyl (C=O) groups is 1. The molecule has 0 amide bonds. The summed E-state index contributed by atoms with van der Waals surface area (Å²) in [5, 5.41) is 4.93. The lowest BCUT2D eigenvalue weighted by Crippen LogP contribution is -2.11. The van der Waals surface area contributed by atoms with Crippen LogP contribution in [0.2, 0.25) is 0 Å². The van der Waals surface area contributed by atoms with Crippen molar-refractivity contribution >= 4 is 12.0 Å². The van der Waals surface area contributed by atoms with Crippen molar-refractivity contribution in [3.8, 4) is 34.0 Å². The lowest BCUT2D eigenvalue weighted by Gasteiger charge is -2.13. The summed E-state index contributed by atoms with van der Waals surface area (Å²) in [4.78, 5) is 12.4. The average molecular weight is 411 g/mol. The number of nitrogens with zero attached hydrogens (tertiary/aromatic N) is 3. The van der Waals surface area contributed by atoms with Crippen molar-refractivity contribution in [2.45, 2.75) is 6.54 Å². The van der Waals surface area contributed by atoms with Crippen LogP contribution < -0.4 is 4.74 Å². The summed E-state index contributed by atoms with van der Waals surface area (Å²) in [6.45, 7) is 0.429. The Balaban J connectivity index is 1.83. The van der Waals surface area contributed by atoms with Gasteiger partial charge in [-0.3, -0.25) is 0 Å². The predicted molar refractivity (Wildman–Crippen MR) is 119 cm³/mol. The summed E-state index contributed by atoms with van der Waals surface area (Å²) in [5.41, 5.74) is 6.14. The molecule has 0 saturated heterocycles. The van der Waals surface area contributed by atoms with Gasteiger partial charge in [0.1, 0.15) is 5.75 Å². The van der Waals surface area contributed by atoms with Crippen LogP contribution in [0.3, 0.4) is 0 Å². The third kappa shape index (κ3) is 3.22. The van der Waals surface area contributed by atoms with E-state index in [1.54, 1.807) is 7.11 Å². The van der Waals surface area contributed by atoms with Gasteiger partial charge in [0.15, 0.2) is 0 Å². The SMILES string of the molecule is COC(=O)C1=Cc2nn(-c3ccccc3)c(-c3ccc(OC)cc3)c2-c2cccn2C1. The van der Waals surface area contributed by atoms with E-state index in [1.165, 1.54) is 7.11 Å². The molecule has 5 rings (SSSR count). The minimum Gasteiger partial charge on any atom is -0.497 e. The molecule has 0 atom stereocenters. The van der Waals surface area contributed by atoms with Crippen LogP contribution >= 0.6 is 0 Å². The highest BCUT2D eigenvalue weighted by Crippen LogP contribution is 2.40. The summed E-state index contributed by atoms with van der Waals surface area (Å²) in [7, 11) is 3.05. The van der Waals surface area contributed by atoms with E-state index in [9.17, 15) is 4.79 Å². The lowest BCUT2D eigenvalue weighted by atomic mass is 10.0. The van der Waals surface area contributed by atoms with Gasteiger partial charge in [0, 0.05) is 11.8 Å². The number of hydrogen-bond donors (Lipinski definition) is 0. The standard InChI is InChI=1S/C25H21N3O3/c1-30-20-12-10-17(11-13-20)24-23-21(26-28(24)19-7-4-3-5-8-19)15-18(25(29)31-2)16-27-14-6-9-22(23)27/h3-15H,16H2,1-2H3. The molecule has 3 heterocycles. The Bertz CT molecular complexity index is 1280. The highest BCUT2D eigenvalue weighted by molar-refractivity contribution is 5.97. The van der Waals surface area contributed by atoms with Crippen molar-refractivity contribution < 1.29 is 14.3 Å². The fraction of sp³-hybridized carbons (Fsp3) is 0.120. The summed E-state index contributed by atoms with van der Waals surface area (Å²) < 4.78 is 14.3. The highest BCUT2D eigenvalue weighted by Gasteiger charge is 2.27. The Labute approximate surface area is 180 Å². The van der Waals surface area contributed by atoms with Crippen LogP contribution in [0.1, 0.15) is 5.69 Å². The van der Waals surface area contributed by atoms with Crippen molar-refractivity contribution in [1.29, 1.82) is 0 Å². The van der Waals surface area contributed by atoms with Crippen LogP contribution in [0, 0.1) is 0 Å². The lowest BCUT2D eigenvalue weighted by molar-refractivity contribution is -0.136. The third-order valence-electron chi connectivity index (χ3n) is 5.46. The van der Waals surface area contributed by atoms with E-state index in [4.69, 9.17) is 14.6 Å². The quantitative estimate of drug-likeness (QED) is 0.461. The van der Waals surface area contributed by atoms with Crippen molar-refractivity contribution in [1.82, 2.24) is 14.3 Å². The van der Waals surface area contributed by atoms with Crippen molar-refractivity contribution in [3.63, 3.8) is 0 Å². The number of para-hydroxylation sites is 1. The molecule has 0 N–H and O–H groups in total. The van der Waals surface area contributed by atoms with E-state index in [0.29, 0.717) is 12.1 Å². The number of rotatable bonds is 4. The van der Waals surface area contributed by atoms with E-state index >= 15 is 0 Å². The first-order valence-electron chi connectivity index (χ1n) is 9.97. The smallest absolute Gasteiger partial charge is 0.335 e. The van der Waals surface area contributed by atoms with Gasteiger partial charge in [-0.05, 0) is 54.6 Å². The number of hydrogen-bond acceptors (Lipinski definition) is 4.